The van der Waals surface area contributed by atoms with Gasteiger partial charge in [-0.3, -0.25) is 9.59 Å². The van der Waals surface area contributed by atoms with Gasteiger partial charge < -0.3 is 24.8 Å². The number of hydrogen-bond donors (Lipinski definition) is 2. The summed E-state index contributed by atoms with van der Waals surface area (Å²) in [6, 6.07) is 10.1. The SMILES string of the molecule is COc1ccc(C)c(C[C@H](C)NC2=C(c3nc4cc5c(cc4[nH]3)CN(CCN3CCCC3)C5=O)C(=O)CC=C2)c1. The Labute approximate surface area is 235 Å². The van der Waals surface area contributed by atoms with Crippen LogP contribution in [-0.2, 0) is 17.8 Å². The molecule has 1 aliphatic carbocycles. The molecule has 2 N–H and O–H groups in total. The van der Waals surface area contributed by atoms with Crippen molar-refractivity contribution in [2.75, 3.05) is 33.3 Å². The standard InChI is InChI=1S/C32H37N5O3/c1-20-9-10-24(40-3)16-22(20)15-21(2)33-26-7-6-8-29(38)30(26)31-34-27-17-23-19-37(14-13-36-11-4-5-12-36)32(39)25(23)18-28(27)35-31/h6-7,9-10,16-18,21,33H,4-5,8,11-15,19H2,1-3H3,(H,34,35)/t21-/m0/s1. The number of likely N-dealkylation sites (tertiary alicyclic amines) is 1. The molecule has 0 radical (unpaired) electrons. The Kier molecular flexibility index (Phi) is 7.19. The number of hydrogen-bond acceptors (Lipinski definition) is 6. The van der Waals surface area contributed by atoms with Gasteiger partial charge in [0.15, 0.2) is 5.78 Å². The summed E-state index contributed by atoms with van der Waals surface area (Å²) >= 11 is 0. The maximum atomic E-state index is 13.2. The van der Waals surface area contributed by atoms with E-state index in [4.69, 9.17) is 9.72 Å². The number of ketones is 1. The average Bonchev–Trinajstić information content (AvgIpc) is 3.67. The maximum absolute atomic E-state index is 13.2. The lowest BCUT2D eigenvalue weighted by Crippen LogP contribution is -2.33. The minimum absolute atomic E-state index is 0.0190. The fourth-order valence-corrected chi connectivity index (χ4v) is 6.09. The van der Waals surface area contributed by atoms with Crippen molar-refractivity contribution in [2.45, 2.75) is 52.1 Å². The summed E-state index contributed by atoms with van der Waals surface area (Å²) in [5, 5.41) is 3.56. The zero-order chi connectivity index (χ0) is 27.8. The molecule has 1 amide bonds. The van der Waals surface area contributed by atoms with E-state index < -0.39 is 0 Å². The summed E-state index contributed by atoms with van der Waals surface area (Å²) in [6.07, 6.45) is 7.48. The molecule has 8 nitrogen and oxygen atoms in total. The van der Waals surface area contributed by atoms with E-state index in [1.54, 1.807) is 7.11 Å². The topological polar surface area (TPSA) is 90.6 Å². The third kappa shape index (κ3) is 5.16. The van der Waals surface area contributed by atoms with Crippen molar-refractivity contribution < 1.29 is 14.3 Å². The number of carbonyl (C=O) groups is 2. The number of allylic oxidation sites excluding steroid dienone is 3. The number of carbonyl (C=O) groups excluding carboxylic acids is 2. The van der Waals surface area contributed by atoms with Crippen LogP contribution in [0.1, 0.15) is 59.1 Å². The molecular weight excluding hydrogens is 502 g/mol. The number of benzene rings is 2. The smallest absolute Gasteiger partial charge is 0.254 e. The summed E-state index contributed by atoms with van der Waals surface area (Å²) in [5.74, 6) is 1.47. The third-order valence-corrected chi connectivity index (χ3v) is 8.33. The highest BCUT2D eigenvalue weighted by atomic mass is 16.5. The van der Waals surface area contributed by atoms with E-state index in [2.05, 4.69) is 41.2 Å². The minimum atomic E-state index is 0.0190. The van der Waals surface area contributed by atoms with Crippen molar-refractivity contribution >= 4 is 28.3 Å². The van der Waals surface area contributed by atoms with Crippen LogP contribution >= 0.6 is 0 Å². The van der Waals surface area contributed by atoms with Crippen molar-refractivity contribution in [1.29, 1.82) is 0 Å². The molecule has 40 heavy (non-hydrogen) atoms. The highest BCUT2D eigenvalue weighted by Gasteiger charge is 2.30. The number of aryl methyl sites for hydroxylation is 1. The van der Waals surface area contributed by atoms with Crippen LogP contribution in [0.5, 0.6) is 5.75 Å². The van der Waals surface area contributed by atoms with Gasteiger partial charge in [0.1, 0.15) is 11.6 Å². The largest absolute Gasteiger partial charge is 0.497 e. The number of fused-ring (bicyclic) bond motifs is 2. The Balaban J connectivity index is 1.23. The second-order valence-electron chi connectivity index (χ2n) is 11.2. The number of Topliss-reactive ketones (excluding diaryl/α,β-unsaturated/α-hetero) is 1. The van der Waals surface area contributed by atoms with Gasteiger partial charge in [-0.05, 0) is 93.2 Å². The number of rotatable bonds is 9. The van der Waals surface area contributed by atoms with Crippen molar-refractivity contribution in [3.05, 3.63) is 76.3 Å². The summed E-state index contributed by atoms with van der Waals surface area (Å²) in [7, 11) is 1.68. The normalized spacial score (nSPS) is 18.2. The molecule has 0 unspecified atom stereocenters. The number of H-pyrrole nitrogens is 1. The molecule has 0 spiro atoms. The summed E-state index contributed by atoms with van der Waals surface area (Å²) in [6.45, 7) is 8.76. The van der Waals surface area contributed by atoms with Crippen LogP contribution in [0.25, 0.3) is 16.6 Å². The molecule has 1 saturated heterocycles. The molecule has 3 aromatic rings. The van der Waals surface area contributed by atoms with E-state index >= 15 is 0 Å². The van der Waals surface area contributed by atoms with E-state index in [0.717, 1.165) is 60.7 Å². The summed E-state index contributed by atoms with van der Waals surface area (Å²) in [4.78, 5) is 38.9. The van der Waals surface area contributed by atoms with Gasteiger partial charge in [0.25, 0.3) is 5.91 Å². The Morgan fingerprint density at radius 3 is 2.75 bits per heavy atom. The number of aromatic amines is 1. The zero-order valence-corrected chi connectivity index (χ0v) is 23.5. The highest BCUT2D eigenvalue weighted by molar-refractivity contribution is 6.22. The molecule has 0 saturated carbocycles. The second kappa shape index (κ2) is 10.9. The van der Waals surface area contributed by atoms with Crippen molar-refractivity contribution in [2.24, 2.45) is 0 Å². The van der Waals surface area contributed by atoms with E-state index in [-0.39, 0.29) is 17.7 Å². The number of methoxy groups -OCH3 is 1. The monoisotopic (exact) mass is 539 g/mol. The molecule has 3 aliphatic rings. The quantitative estimate of drug-likeness (QED) is 0.419. The predicted octanol–water partition coefficient (Wildman–Crippen LogP) is 4.39. The van der Waals surface area contributed by atoms with Crippen LogP contribution in [0.3, 0.4) is 0 Å². The van der Waals surface area contributed by atoms with Gasteiger partial charge in [-0.25, -0.2) is 4.98 Å². The molecule has 0 bridgehead atoms. The van der Waals surface area contributed by atoms with Crippen LogP contribution in [0, 0.1) is 6.92 Å². The van der Waals surface area contributed by atoms with Crippen molar-refractivity contribution in [3.63, 3.8) is 0 Å². The molecule has 3 heterocycles. The van der Waals surface area contributed by atoms with Crippen molar-refractivity contribution in [1.82, 2.24) is 25.1 Å². The summed E-state index contributed by atoms with van der Waals surface area (Å²) < 4.78 is 5.41. The number of nitrogens with zero attached hydrogens (tertiary/aromatic N) is 3. The predicted molar refractivity (Wildman–Crippen MR) is 156 cm³/mol. The Morgan fingerprint density at radius 2 is 1.95 bits per heavy atom. The molecule has 2 aliphatic heterocycles. The molecule has 6 rings (SSSR count). The van der Waals surface area contributed by atoms with E-state index in [1.807, 2.05) is 35.3 Å². The van der Waals surface area contributed by atoms with Crippen molar-refractivity contribution in [3.8, 4) is 5.75 Å². The number of aromatic nitrogens is 2. The molecule has 1 aromatic heterocycles. The van der Waals surface area contributed by atoms with Crippen LogP contribution in [-0.4, -0.2) is 70.8 Å². The van der Waals surface area contributed by atoms with Gasteiger partial charge in [-0.15, -0.1) is 0 Å². The third-order valence-electron chi connectivity index (χ3n) is 8.33. The number of imidazole rings is 1. The minimum Gasteiger partial charge on any atom is -0.497 e. The average molecular weight is 540 g/mol. The summed E-state index contributed by atoms with van der Waals surface area (Å²) in [5.41, 5.74) is 7.01. The molecule has 1 fully saturated rings. The molecule has 2 aromatic carbocycles. The lowest BCUT2D eigenvalue weighted by atomic mass is 9.97. The van der Waals surface area contributed by atoms with Crippen LogP contribution in [0.2, 0.25) is 0 Å². The van der Waals surface area contributed by atoms with E-state index in [0.29, 0.717) is 29.9 Å². The number of amides is 1. The van der Waals surface area contributed by atoms with Gasteiger partial charge in [0.2, 0.25) is 0 Å². The Bertz CT molecular complexity index is 1530. The first-order valence-corrected chi connectivity index (χ1v) is 14.3. The van der Waals surface area contributed by atoms with Crippen LogP contribution in [0.4, 0.5) is 0 Å². The molecule has 8 heteroatoms. The second-order valence-corrected chi connectivity index (χ2v) is 11.2. The fourth-order valence-electron chi connectivity index (χ4n) is 6.09. The lowest BCUT2D eigenvalue weighted by Gasteiger charge is -2.21. The lowest BCUT2D eigenvalue weighted by molar-refractivity contribution is -0.113. The van der Waals surface area contributed by atoms with E-state index in [1.165, 1.54) is 24.0 Å². The first kappa shape index (κ1) is 26.3. The highest BCUT2D eigenvalue weighted by Crippen LogP contribution is 2.30. The van der Waals surface area contributed by atoms with Gasteiger partial charge in [0.05, 0.1) is 23.7 Å². The Hall–Kier alpha value is -3.91. The molecule has 1 atom stereocenters. The van der Waals surface area contributed by atoms with Gasteiger partial charge in [0, 0.05) is 43.4 Å². The molecular formula is C32H37N5O3. The van der Waals surface area contributed by atoms with Gasteiger partial charge in [-0.2, -0.15) is 0 Å². The van der Waals surface area contributed by atoms with Crippen LogP contribution < -0.4 is 10.1 Å². The fraction of sp³-hybridized carbons (Fsp3) is 0.406. The Morgan fingerprint density at radius 1 is 1.12 bits per heavy atom. The number of ether oxygens (including phenoxy) is 1. The first-order chi connectivity index (χ1) is 19.4. The number of nitrogens with one attached hydrogen (secondary N) is 2. The van der Waals surface area contributed by atoms with E-state index in [9.17, 15) is 9.59 Å². The first-order valence-electron chi connectivity index (χ1n) is 14.3. The maximum Gasteiger partial charge on any atom is 0.254 e. The van der Waals surface area contributed by atoms with Gasteiger partial charge >= 0.3 is 0 Å². The van der Waals surface area contributed by atoms with Crippen LogP contribution in [0.15, 0.2) is 48.2 Å². The van der Waals surface area contributed by atoms with Gasteiger partial charge in [-0.1, -0.05) is 12.1 Å². The zero-order valence-electron chi connectivity index (χ0n) is 23.5. The molecule has 208 valence electrons.